The molecule has 0 unspecified atom stereocenters. The van der Waals surface area contributed by atoms with Gasteiger partial charge in [-0.3, -0.25) is 0 Å². The first kappa shape index (κ1) is 11.5. The van der Waals surface area contributed by atoms with Crippen molar-refractivity contribution in [2.24, 2.45) is 0 Å². The standard InChI is InChI=1S/C9H7F3N2O/c1-15-5-6-2-3-8(9(10,11)12)14-7(6)4-13/h2-3H,5H2,1H3. The Hall–Kier alpha value is -1.61. The van der Waals surface area contributed by atoms with Crippen LogP contribution in [0.4, 0.5) is 13.2 Å². The number of alkyl halides is 3. The van der Waals surface area contributed by atoms with Crippen LogP contribution in [0.5, 0.6) is 0 Å². The summed E-state index contributed by atoms with van der Waals surface area (Å²) in [7, 11) is 1.39. The monoisotopic (exact) mass is 216 g/mol. The maximum atomic E-state index is 12.2. The van der Waals surface area contributed by atoms with Crippen molar-refractivity contribution in [2.45, 2.75) is 12.8 Å². The number of rotatable bonds is 2. The lowest BCUT2D eigenvalue weighted by Gasteiger charge is -2.07. The molecule has 0 spiro atoms. The molecule has 1 aromatic heterocycles. The Morgan fingerprint density at radius 1 is 1.47 bits per heavy atom. The first-order valence-electron chi connectivity index (χ1n) is 3.95. The van der Waals surface area contributed by atoms with Crippen molar-refractivity contribution in [3.05, 3.63) is 29.1 Å². The van der Waals surface area contributed by atoms with E-state index in [-0.39, 0.29) is 12.3 Å². The van der Waals surface area contributed by atoms with Crippen molar-refractivity contribution in [1.29, 1.82) is 5.26 Å². The summed E-state index contributed by atoms with van der Waals surface area (Å²) < 4.78 is 41.4. The van der Waals surface area contributed by atoms with Gasteiger partial charge < -0.3 is 4.74 Å². The molecule has 6 heteroatoms. The molecule has 1 rings (SSSR count). The largest absolute Gasteiger partial charge is 0.433 e. The molecule has 0 saturated carbocycles. The summed E-state index contributed by atoms with van der Waals surface area (Å²) in [5.74, 6) is 0. The van der Waals surface area contributed by atoms with Crippen molar-refractivity contribution in [3.8, 4) is 6.07 Å². The van der Waals surface area contributed by atoms with Crippen LogP contribution < -0.4 is 0 Å². The van der Waals surface area contributed by atoms with Gasteiger partial charge in [-0.05, 0) is 6.07 Å². The fourth-order valence-corrected chi connectivity index (χ4v) is 1.01. The van der Waals surface area contributed by atoms with Crippen molar-refractivity contribution < 1.29 is 17.9 Å². The molecule has 0 aliphatic carbocycles. The molecular weight excluding hydrogens is 209 g/mol. The predicted molar refractivity (Wildman–Crippen MR) is 44.7 cm³/mol. The minimum atomic E-state index is -4.53. The van der Waals surface area contributed by atoms with Gasteiger partial charge in [-0.1, -0.05) is 6.07 Å². The lowest BCUT2D eigenvalue weighted by molar-refractivity contribution is -0.141. The van der Waals surface area contributed by atoms with E-state index in [1.165, 1.54) is 13.2 Å². The second kappa shape index (κ2) is 4.28. The molecule has 80 valence electrons. The van der Waals surface area contributed by atoms with Gasteiger partial charge in [0.15, 0.2) is 0 Å². The van der Waals surface area contributed by atoms with E-state index >= 15 is 0 Å². The number of aromatic nitrogens is 1. The summed E-state index contributed by atoms with van der Waals surface area (Å²) in [5.41, 5.74) is -0.987. The molecule has 0 aromatic carbocycles. The Morgan fingerprint density at radius 3 is 2.60 bits per heavy atom. The molecular formula is C9H7F3N2O. The van der Waals surface area contributed by atoms with Gasteiger partial charge in [0.2, 0.25) is 0 Å². The molecule has 1 aromatic rings. The zero-order valence-electron chi connectivity index (χ0n) is 7.80. The molecule has 1 heterocycles. The second-order valence-electron chi connectivity index (χ2n) is 2.75. The number of hydrogen-bond donors (Lipinski definition) is 0. The molecule has 0 aliphatic rings. The summed E-state index contributed by atoms with van der Waals surface area (Å²) in [4.78, 5) is 3.21. The number of nitrogens with zero attached hydrogens (tertiary/aromatic N) is 2. The fraction of sp³-hybridized carbons (Fsp3) is 0.333. The topological polar surface area (TPSA) is 45.9 Å². The summed E-state index contributed by atoms with van der Waals surface area (Å²) in [6, 6.07) is 3.62. The quantitative estimate of drug-likeness (QED) is 0.760. The van der Waals surface area contributed by atoms with E-state index in [9.17, 15) is 13.2 Å². The minimum absolute atomic E-state index is 0.0635. The smallest absolute Gasteiger partial charge is 0.380 e. The molecule has 0 atom stereocenters. The van der Waals surface area contributed by atoms with Crippen LogP contribution in [-0.2, 0) is 17.5 Å². The lowest BCUT2D eigenvalue weighted by atomic mass is 10.2. The van der Waals surface area contributed by atoms with Crippen LogP contribution >= 0.6 is 0 Å². The van der Waals surface area contributed by atoms with Crippen molar-refractivity contribution in [1.82, 2.24) is 4.98 Å². The molecule has 0 fully saturated rings. The van der Waals surface area contributed by atoms with Crippen LogP contribution in [0.3, 0.4) is 0 Å². The average molecular weight is 216 g/mol. The van der Waals surface area contributed by atoms with Gasteiger partial charge in [-0.15, -0.1) is 0 Å². The third-order valence-electron chi connectivity index (χ3n) is 1.67. The van der Waals surface area contributed by atoms with Crippen LogP contribution in [0.25, 0.3) is 0 Å². The van der Waals surface area contributed by atoms with Gasteiger partial charge in [0, 0.05) is 12.7 Å². The van der Waals surface area contributed by atoms with Gasteiger partial charge in [-0.2, -0.15) is 18.4 Å². The van der Waals surface area contributed by atoms with Crippen molar-refractivity contribution >= 4 is 0 Å². The third kappa shape index (κ3) is 2.67. The summed E-state index contributed by atoms with van der Waals surface area (Å²) >= 11 is 0. The number of halogens is 3. The van der Waals surface area contributed by atoms with Gasteiger partial charge in [-0.25, -0.2) is 4.98 Å². The zero-order chi connectivity index (χ0) is 11.5. The van der Waals surface area contributed by atoms with Crippen LogP contribution in [0, 0.1) is 11.3 Å². The minimum Gasteiger partial charge on any atom is -0.380 e. The van der Waals surface area contributed by atoms with E-state index < -0.39 is 11.9 Å². The Balaban J connectivity index is 3.15. The van der Waals surface area contributed by atoms with Crippen LogP contribution in [0.15, 0.2) is 12.1 Å². The fourth-order valence-electron chi connectivity index (χ4n) is 1.01. The van der Waals surface area contributed by atoms with E-state index in [1.807, 2.05) is 0 Å². The first-order valence-corrected chi connectivity index (χ1v) is 3.95. The molecule has 0 N–H and O–H groups in total. The molecule has 0 aliphatic heterocycles. The van der Waals surface area contributed by atoms with E-state index in [2.05, 4.69) is 4.98 Å². The highest BCUT2D eigenvalue weighted by Crippen LogP contribution is 2.28. The average Bonchev–Trinajstić information content (AvgIpc) is 2.17. The molecule has 0 bridgehead atoms. The van der Waals surface area contributed by atoms with Crippen molar-refractivity contribution in [3.63, 3.8) is 0 Å². The number of ether oxygens (including phenoxy) is 1. The van der Waals surface area contributed by atoms with Crippen LogP contribution in [0.2, 0.25) is 0 Å². The predicted octanol–water partition coefficient (Wildman–Crippen LogP) is 2.12. The SMILES string of the molecule is COCc1ccc(C(F)(F)F)nc1C#N. The Morgan fingerprint density at radius 2 is 2.13 bits per heavy atom. The molecule has 0 amide bonds. The Labute approximate surface area is 84.1 Å². The molecule has 0 saturated heterocycles. The molecule has 0 radical (unpaired) electrons. The van der Waals surface area contributed by atoms with Crippen LogP contribution in [0.1, 0.15) is 17.0 Å². The highest BCUT2D eigenvalue weighted by molar-refractivity contribution is 5.32. The summed E-state index contributed by atoms with van der Waals surface area (Å²) in [5, 5.41) is 8.60. The second-order valence-corrected chi connectivity index (χ2v) is 2.75. The van der Waals surface area contributed by atoms with Crippen molar-refractivity contribution in [2.75, 3.05) is 7.11 Å². The highest BCUT2D eigenvalue weighted by atomic mass is 19.4. The van der Waals surface area contributed by atoms with Gasteiger partial charge in [0.1, 0.15) is 17.5 Å². The van der Waals surface area contributed by atoms with E-state index in [4.69, 9.17) is 10.00 Å². The van der Waals surface area contributed by atoms with E-state index in [1.54, 1.807) is 6.07 Å². The highest BCUT2D eigenvalue weighted by Gasteiger charge is 2.32. The number of nitriles is 1. The first-order chi connectivity index (χ1) is 6.99. The lowest BCUT2D eigenvalue weighted by Crippen LogP contribution is -2.10. The Kier molecular flexibility index (Phi) is 3.27. The van der Waals surface area contributed by atoms with Gasteiger partial charge in [0.05, 0.1) is 6.61 Å². The maximum Gasteiger partial charge on any atom is 0.433 e. The maximum absolute atomic E-state index is 12.2. The molecule has 3 nitrogen and oxygen atoms in total. The third-order valence-corrected chi connectivity index (χ3v) is 1.67. The number of pyridine rings is 1. The van der Waals surface area contributed by atoms with Gasteiger partial charge >= 0.3 is 6.18 Å². The molecule has 15 heavy (non-hydrogen) atoms. The Bertz CT molecular complexity index is 395. The summed E-state index contributed by atoms with van der Waals surface area (Å²) in [6.45, 7) is 0.0635. The number of methoxy groups -OCH3 is 1. The zero-order valence-corrected chi connectivity index (χ0v) is 7.80. The van der Waals surface area contributed by atoms with E-state index in [0.29, 0.717) is 5.56 Å². The van der Waals surface area contributed by atoms with Crippen LogP contribution in [-0.4, -0.2) is 12.1 Å². The number of hydrogen-bond acceptors (Lipinski definition) is 3. The van der Waals surface area contributed by atoms with E-state index in [0.717, 1.165) is 6.07 Å². The van der Waals surface area contributed by atoms with Gasteiger partial charge in [0.25, 0.3) is 0 Å². The summed E-state index contributed by atoms with van der Waals surface area (Å²) in [6.07, 6.45) is -4.53. The normalized spacial score (nSPS) is 11.1.